The van der Waals surface area contributed by atoms with Crippen molar-refractivity contribution in [1.29, 1.82) is 0 Å². The lowest BCUT2D eigenvalue weighted by Gasteiger charge is -2.15. The van der Waals surface area contributed by atoms with Crippen molar-refractivity contribution in [3.8, 4) is 0 Å². The second kappa shape index (κ2) is 5.87. The van der Waals surface area contributed by atoms with Gasteiger partial charge in [0, 0.05) is 12.2 Å². The molecule has 3 nitrogen and oxygen atoms in total. The van der Waals surface area contributed by atoms with E-state index < -0.39 is 17.6 Å². The predicted molar refractivity (Wildman–Crippen MR) is 73.7 cm³/mol. The fourth-order valence-corrected chi connectivity index (χ4v) is 1.99. The summed E-state index contributed by atoms with van der Waals surface area (Å²) < 4.78 is 38.6. The van der Waals surface area contributed by atoms with Gasteiger partial charge < -0.3 is 11.1 Å². The molecule has 0 atom stereocenters. The Balaban J connectivity index is 2.24. The quantitative estimate of drug-likeness (QED) is 0.908. The highest BCUT2D eigenvalue weighted by Gasteiger charge is 2.32. The number of carbonyl (C=O) groups is 1. The van der Waals surface area contributed by atoms with Crippen LogP contribution in [0, 0.1) is 0 Å². The van der Waals surface area contributed by atoms with Gasteiger partial charge in [-0.05, 0) is 23.8 Å². The number of nitrogens with two attached hydrogens (primary N) is 1. The van der Waals surface area contributed by atoms with E-state index in [1.165, 1.54) is 24.3 Å². The summed E-state index contributed by atoms with van der Waals surface area (Å²) in [7, 11) is 0. The molecular formula is C15H13F3N2O. The first-order chi connectivity index (χ1) is 9.89. The number of rotatable bonds is 4. The molecule has 0 aromatic heterocycles. The van der Waals surface area contributed by atoms with Crippen molar-refractivity contribution in [2.75, 3.05) is 5.32 Å². The van der Waals surface area contributed by atoms with Gasteiger partial charge in [-0.15, -0.1) is 0 Å². The molecule has 0 radical (unpaired) electrons. The minimum absolute atomic E-state index is 0.0556. The molecule has 2 aromatic carbocycles. The molecule has 21 heavy (non-hydrogen) atoms. The first kappa shape index (κ1) is 14.9. The maximum atomic E-state index is 12.9. The average molecular weight is 294 g/mol. The molecule has 0 spiro atoms. The van der Waals surface area contributed by atoms with Crippen molar-refractivity contribution in [3.05, 3.63) is 65.2 Å². The molecule has 0 bridgehead atoms. The molecule has 0 fully saturated rings. The van der Waals surface area contributed by atoms with Gasteiger partial charge in [0.15, 0.2) is 0 Å². The Morgan fingerprint density at radius 1 is 1.05 bits per heavy atom. The van der Waals surface area contributed by atoms with Crippen LogP contribution >= 0.6 is 0 Å². The zero-order valence-corrected chi connectivity index (χ0v) is 10.9. The lowest BCUT2D eigenvalue weighted by atomic mass is 10.1. The van der Waals surface area contributed by atoms with E-state index in [-0.39, 0.29) is 17.7 Å². The molecule has 110 valence electrons. The van der Waals surface area contributed by atoms with Crippen molar-refractivity contribution >= 4 is 11.6 Å². The molecule has 0 heterocycles. The second-order valence-corrected chi connectivity index (χ2v) is 4.42. The Labute approximate surface area is 119 Å². The maximum Gasteiger partial charge on any atom is 0.416 e. The topological polar surface area (TPSA) is 55.1 Å². The minimum atomic E-state index is -4.42. The lowest BCUT2D eigenvalue weighted by Crippen LogP contribution is -2.15. The number of alkyl halides is 3. The molecular weight excluding hydrogens is 281 g/mol. The number of anilines is 1. The number of primary amides is 1. The van der Waals surface area contributed by atoms with Crippen molar-refractivity contribution in [3.63, 3.8) is 0 Å². The third-order valence-electron chi connectivity index (χ3n) is 2.98. The molecule has 2 aromatic rings. The Morgan fingerprint density at radius 3 is 2.33 bits per heavy atom. The van der Waals surface area contributed by atoms with Gasteiger partial charge in [0.05, 0.1) is 11.1 Å². The molecule has 0 aliphatic rings. The largest absolute Gasteiger partial charge is 0.416 e. The SMILES string of the molecule is NC(=O)c1ccccc1NCc1ccccc1C(F)(F)F. The van der Waals surface area contributed by atoms with E-state index in [0.29, 0.717) is 5.69 Å². The van der Waals surface area contributed by atoms with Gasteiger partial charge in [-0.1, -0.05) is 30.3 Å². The van der Waals surface area contributed by atoms with Crippen molar-refractivity contribution in [2.24, 2.45) is 5.73 Å². The second-order valence-electron chi connectivity index (χ2n) is 4.42. The highest BCUT2D eigenvalue weighted by Crippen LogP contribution is 2.32. The van der Waals surface area contributed by atoms with Gasteiger partial charge >= 0.3 is 6.18 Å². The van der Waals surface area contributed by atoms with E-state index in [9.17, 15) is 18.0 Å². The van der Waals surface area contributed by atoms with Gasteiger partial charge in [-0.3, -0.25) is 4.79 Å². The third kappa shape index (κ3) is 3.53. The first-order valence-corrected chi connectivity index (χ1v) is 6.17. The maximum absolute atomic E-state index is 12.9. The summed E-state index contributed by atoms with van der Waals surface area (Å²) >= 11 is 0. The molecule has 1 amide bonds. The van der Waals surface area contributed by atoms with Crippen molar-refractivity contribution in [1.82, 2.24) is 0 Å². The van der Waals surface area contributed by atoms with Crippen LogP contribution in [0.15, 0.2) is 48.5 Å². The van der Waals surface area contributed by atoms with Gasteiger partial charge in [0.25, 0.3) is 5.91 Å². The van der Waals surface area contributed by atoms with E-state index in [2.05, 4.69) is 5.32 Å². The van der Waals surface area contributed by atoms with Gasteiger partial charge in [-0.25, -0.2) is 0 Å². The molecule has 6 heteroatoms. The Kier molecular flexibility index (Phi) is 4.16. The summed E-state index contributed by atoms with van der Waals surface area (Å²) in [5.41, 5.74) is 5.27. The van der Waals surface area contributed by atoms with Crippen molar-refractivity contribution in [2.45, 2.75) is 12.7 Å². The molecule has 0 saturated carbocycles. The average Bonchev–Trinajstić information content (AvgIpc) is 2.44. The van der Waals surface area contributed by atoms with Crippen LogP contribution < -0.4 is 11.1 Å². The molecule has 2 rings (SSSR count). The summed E-state index contributed by atoms with van der Waals surface area (Å²) in [6.07, 6.45) is -4.42. The number of hydrogen-bond acceptors (Lipinski definition) is 2. The number of carbonyl (C=O) groups excluding carboxylic acids is 1. The first-order valence-electron chi connectivity index (χ1n) is 6.17. The molecule has 0 aliphatic heterocycles. The van der Waals surface area contributed by atoms with E-state index in [1.54, 1.807) is 18.2 Å². The standard InChI is InChI=1S/C15H13F3N2O/c16-15(17,18)12-7-3-1-5-10(12)9-20-13-8-4-2-6-11(13)14(19)21/h1-8,20H,9H2,(H2,19,21). The van der Waals surface area contributed by atoms with Gasteiger partial charge in [0.2, 0.25) is 0 Å². The highest BCUT2D eigenvalue weighted by molar-refractivity contribution is 5.98. The van der Waals surface area contributed by atoms with Crippen LogP contribution in [0.2, 0.25) is 0 Å². The number of nitrogens with one attached hydrogen (secondary N) is 1. The van der Waals surface area contributed by atoms with Crippen LogP contribution in [0.3, 0.4) is 0 Å². The van der Waals surface area contributed by atoms with E-state index in [1.807, 2.05) is 0 Å². The minimum Gasteiger partial charge on any atom is -0.380 e. The molecule has 0 aliphatic carbocycles. The monoisotopic (exact) mass is 294 g/mol. The number of benzene rings is 2. The Morgan fingerprint density at radius 2 is 1.67 bits per heavy atom. The lowest BCUT2D eigenvalue weighted by molar-refractivity contribution is -0.138. The van der Waals surface area contributed by atoms with E-state index >= 15 is 0 Å². The fourth-order valence-electron chi connectivity index (χ4n) is 1.99. The molecule has 3 N–H and O–H groups in total. The van der Waals surface area contributed by atoms with E-state index in [4.69, 9.17) is 5.73 Å². The highest BCUT2D eigenvalue weighted by atomic mass is 19.4. The zero-order valence-electron chi connectivity index (χ0n) is 10.9. The normalized spacial score (nSPS) is 11.2. The van der Waals surface area contributed by atoms with Gasteiger partial charge in [-0.2, -0.15) is 13.2 Å². The van der Waals surface area contributed by atoms with Crippen LogP contribution in [0.4, 0.5) is 18.9 Å². The summed E-state index contributed by atoms with van der Waals surface area (Å²) in [5, 5.41) is 2.82. The smallest absolute Gasteiger partial charge is 0.380 e. The molecule has 0 saturated heterocycles. The van der Waals surface area contributed by atoms with Crippen molar-refractivity contribution < 1.29 is 18.0 Å². The zero-order chi connectivity index (χ0) is 15.5. The van der Waals surface area contributed by atoms with Crippen LogP contribution in [0.1, 0.15) is 21.5 Å². The number of amides is 1. The number of halogens is 3. The Bertz CT molecular complexity index is 653. The van der Waals surface area contributed by atoms with E-state index in [0.717, 1.165) is 6.07 Å². The fraction of sp³-hybridized carbons (Fsp3) is 0.133. The third-order valence-corrected chi connectivity index (χ3v) is 2.98. The predicted octanol–water partition coefficient (Wildman–Crippen LogP) is 3.42. The van der Waals surface area contributed by atoms with Crippen LogP contribution in [-0.2, 0) is 12.7 Å². The number of para-hydroxylation sites is 1. The van der Waals surface area contributed by atoms with Gasteiger partial charge in [0.1, 0.15) is 0 Å². The number of hydrogen-bond donors (Lipinski definition) is 2. The van der Waals surface area contributed by atoms with Crippen LogP contribution in [0.5, 0.6) is 0 Å². The Hall–Kier alpha value is -2.50. The summed E-state index contributed by atoms with van der Waals surface area (Å²) in [6, 6.07) is 11.7. The summed E-state index contributed by atoms with van der Waals surface area (Å²) in [4.78, 5) is 11.3. The summed E-state index contributed by atoms with van der Waals surface area (Å²) in [6.45, 7) is -0.0556. The summed E-state index contributed by atoms with van der Waals surface area (Å²) in [5.74, 6) is -0.637. The van der Waals surface area contributed by atoms with Crippen LogP contribution in [0.25, 0.3) is 0 Å². The van der Waals surface area contributed by atoms with Crippen LogP contribution in [-0.4, -0.2) is 5.91 Å². The molecule has 0 unspecified atom stereocenters.